The lowest BCUT2D eigenvalue weighted by atomic mass is 10.3. The number of aromatic nitrogens is 1. The lowest BCUT2D eigenvalue weighted by Gasteiger charge is -2.34. The number of carbonyl (C=O) groups is 1. The molecule has 1 saturated heterocycles. The molecular formula is C21H22F2N4O2S. The molecule has 0 unspecified atom stereocenters. The minimum Gasteiger partial charge on any atom is -0.484 e. The van der Waals surface area contributed by atoms with Gasteiger partial charge in [-0.1, -0.05) is 29.5 Å². The van der Waals surface area contributed by atoms with Crippen LogP contribution in [0.25, 0.3) is 10.2 Å². The van der Waals surface area contributed by atoms with E-state index in [0.717, 1.165) is 38.8 Å². The molecule has 9 heteroatoms. The van der Waals surface area contributed by atoms with E-state index in [9.17, 15) is 13.6 Å². The zero-order valence-electron chi connectivity index (χ0n) is 16.3. The van der Waals surface area contributed by atoms with Crippen LogP contribution in [0.15, 0.2) is 42.5 Å². The third-order valence-electron chi connectivity index (χ3n) is 4.91. The summed E-state index contributed by atoms with van der Waals surface area (Å²) in [5.74, 6) is -0.697. The van der Waals surface area contributed by atoms with Crippen molar-refractivity contribution in [3.05, 3.63) is 54.1 Å². The van der Waals surface area contributed by atoms with Crippen LogP contribution in [0.3, 0.4) is 0 Å². The number of rotatable bonds is 7. The molecule has 30 heavy (non-hydrogen) atoms. The smallest absolute Gasteiger partial charge is 0.257 e. The number of nitrogens with zero attached hydrogens (tertiary/aromatic N) is 3. The maximum Gasteiger partial charge on any atom is 0.257 e. The summed E-state index contributed by atoms with van der Waals surface area (Å²) in [5.41, 5.74) is 0.222. The SMILES string of the molecule is O=C(COc1ccccc1)NCCN1CCN(c2nc3c(F)cc(F)cc3s2)CC1. The number of hydrogen-bond acceptors (Lipinski definition) is 6. The van der Waals surface area contributed by atoms with Gasteiger partial charge in [-0.15, -0.1) is 0 Å². The van der Waals surface area contributed by atoms with Crippen molar-refractivity contribution in [1.82, 2.24) is 15.2 Å². The monoisotopic (exact) mass is 432 g/mol. The number of hydrogen-bond donors (Lipinski definition) is 1. The quantitative estimate of drug-likeness (QED) is 0.622. The lowest BCUT2D eigenvalue weighted by Crippen LogP contribution is -2.48. The van der Waals surface area contributed by atoms with Crippen LogP contribution in [0, 0.1) is 11.6 Å². The Kier molecular flexibility index (Phi) is 6.39. The zero-order chi connectivity index (χ0) is 20.9. The van der Waals surface area contributed by atoms with E-state index < -0.39 is 11.6 Å². The van der Waals surface area contributed by atoms with Crippen LogP contribution < -0.4 is 15.0 Å². The van der Waals surface area contributed by atoms with Crippen LogP contribution in [-0.4, -0.2) is 61.7 Å². The fourth-order valence-electron chi connectivity index (χ4n) is 3.31. The van der Waals surface area contributed by atoms with E-state index in [4.69, 9.17) is 4.74 Å². The number of fused-ring (bicyclic) bond motifs is 1. The molecule has 1 aromatic heterocycles. The Morgan fingerprint density at radius 3 is 2.67 bits per heavy atom. The molecule has 1 N–H and O–H groups in total. The third-order valence-corrected chi connectivity index (χ3v) is 5.97. The van der Waals surface area contributed by atoms with Crippen LogP contribution >= 0.6 is 11.3 Å². The summed E-state index contributed by atoms with van der Waals surface area (Å²) in [7, 11) is 0. The van der Waals surface area contributed by atoms with Crippen molar-refractivity contribution in [3.8, 4) is 5.75 Å². The number of amides is 1. The van der Waals surface area contributed by atoms with Gasteiger partial charge in [0, 0.05) is 45.3 Å². The Balaban J connectivity index is 1.19. The van der Waals surface area contributed by atoms with Gasteiger partial charge in [-0.25, -0.2) is 13.8 Å². The largest absolute Gasteiger partial charge is 0.484 e. The molecule has 3 aromatic rings. The number of para-hydroxylation sites is 1. The molecule has 1 aliphatic heterocycles. The Bertz CT molecular complexity index is 1010. The van der Waals surface area contributed by atoms with Crippen LogP contribution in [0.1, 0.15) is 0 Å². The fraction of sp³-hybridized carbons (Fsp3) is 0.333. The summed E-state index contributed by atoms with van der Waals surface area (Å²) in [5, 5.41) is 3.57. The van der Waals surface area contributed by atoms with Gasteiger partial charge in [0.25, 0.3) is 5.91 Å². The summed E-state index contributed by atoms with van der Waals surface area (Å²) in [4.78, 5) is 20.6. The van der Waals surface area contributed by atoms with Gasteiger partial charge in [-0.2, -0.15) is 0 Å². The molecule has 4 rings (SSSR count). The van der Waals surface area contributed by atoms with Gasteiger partial charge in [0.15, 0.2) is 17.6 Å². The van der Waals surface area contributed by atoms with E-state index in [1.165, 1.54) is 17.4 Å². The van der Waals surface area contributed by atoms with E-state index in [-0.39, 0.29) is 18.0 Å². The molecule has 0 aliphatic carbocycles. The Morgan fingerprint density at radius 1 is 1.13 bits per heavy atom. The number of benzene rings is 2. The number of thiazole rings is 1. The normalized spacial score (nSPS) is 14.8. The van der Waals surface area contributed by atoms with Crippen molar-refractivity contribution in [2.45, 2.75) is 0 Å². The maximum atomic E-state index is 13.9. The standard InChI is InChI=1S/C21H22F2N4O2S/c22-15-12-17(23)20-18(13-15)30-21(25-20)27-10-8-26(9-11-27)7-6-24-19(28)14-29-16-4-2-1-3-5-16/h1-5,12-13H,6-11,14H2,(H,24,28). The van der Waals surface area contributed by atoms with Gasteiger partial charge in [-0.3, -0.25) is 9.69 Å². The average molecular weight is 432 g/mol. The number of nitrogens with one attached hydrogen (secondary N) is 1. The number of piperazine rings is 1. The Labute approximate surface area is 177 Å². The van der Waals surface area contributed by atoms with E-state index >= 15 is 0 Å². The first-order valence-corrected chi connectivity index (χ1v) is 10.6. The van der Waals surface area contributed by atoms with Gasteiger partial charge in [0.05, 0.1) is 4.70 Å². The van der Waals surface area contributed by atoms with E-state index in [1.807, 2.05) is 30.3 Å². The third kappa shape index (κ3) is 5.03. The van der Waals surface area contributed by atoms with Gasteiger partial charge in [0.2, 0.25) is 0 Å². The Morgan fingerprint density at radius 2 is 1.90 bits per heavy atom. The molecule has 6 nitrogen and oxygen atoms in total. The highest BCUT2D eigenvalue weighted by Crippen LogP contribution is 2.31. The van der Waals surface area contributed by atoms with Crippen molar-refractivity contribution in [1.29, 1.82) is 0 Å². The second-order valence-corrected chi connectivity index (χ2v) is 8.02. The minimum atomic E-state index is -0.627. The van der Waals surface area contributed by atoms with Gasteiger partial charge >= 0.3 is 0 Å². The first-order valence-electron chi connectivity index (χ1n) is 9.76. The van der Waals surface area contributed by atoms with Gasteiger partial charge in [-0.05, 0) is 18.2 Å². The molecule has 1 aliphatic rings. The predicted molar refractivity (Wildman–Crippen MR) is 113 cm³/mol. The second kappa shape index (κ2) is 9.36. The van der Waals surface area contributed by atoms with Gasteiger partial charge in [0.1, 0.15) is 17.1 Å². The van der Waals surface area contributed by atoms with Crippen molar-refractivity contribution in [3.63, 3.8) is 0 Å². The molecule has 0 bridgehead atoms. The summed E-state index contributed by atoms with van der Waals surface area (Å²) in [6, 6.07) is 11.4. The summed E-state index contributed by atoms with van der Waals surface area (Å²) in [6.45, 7) is 4.38. The molecule has 0 atom stereocenters. The second-order valence-electron chi connectivity index (χ2n) is 7.01. The number of anilines is 1. The van der Waals surface area contributed by atoms with Crippen LogP contribution in [0.5, 0.6) is 5.75 Å². The minimum absolute atomic E-state index is 0.00739. The van der Waals surface area contributed by atoms with Crippen molar-refractivity contribution in [2.24, 2.45) is 0 Å². The fourth-order valence-corrected chi connectivity index (χ4v) is 4.37. The van der Waals surface area contributed by atoms with E-state index in [0.29, 0.717) is 22.1 Å². The molecule has 0 saturated carbocycles. The molecule has 158 valence electrons. The van der Waals surface area contributed by atoms with Crippen LogP contribution in [-0.2, 0) is 4.79 Å². The van der Waals surface area contributed by atoms with E-state index in [2.05, 4.69) is 20.1 Å². The summed E-state index contributed by atoms with van der Waals surface area (Å²) in [6.07, 6.45) is 0. The average Bonchev–Trinajstić information content (AvgIpc) is 3.18. The molecule has 1 fully saturated rings. The summed E-state index contributed by atoms with van der Waals surface area (Å²) >= 11 is 1.30. The van der Waals surface area contributed by atoms with Gasteiger partial charge < -0.3 is 15.0 Å². The highest BCUT2D eigenvalue weighted by Gasteiger charge is 2.21. The van der Waals surface area contributed by atoms with Crippen molar-refractivity contribution < 1.29 is 18.3 Å². The molecule has 0 radical (unpaired) electrons. The Hall–Kier alpha value is -2.78. The molecular weight excluding hydrogens is 410 g/mol. The highest BCUT2D eigenvalue weighted by molar-refractivity contribution is 7.22. The summed E-state index contributed by atoms with van der Waals surface area (Å²) < 4.78 is 33.2. The number of carbonyl (C=O) groups excluding carboxylic acids is 1. The molecule has 1 amide bonds. The first kappa shape index (κ1) is 20.5. The van der Waals surface area contributed by atoms with Crippen LogP contribution in [0.4, 0.5) is 13.9 Å². The molecule has 2 heterocycles. The molecule has 0 spiro atoms. The van der Waals surface area contributed by atoms with Crippen molar-refractivity contribution in [2.75, 3.05) is 50.8 Å². The predicted octanol–water partition coefficient (Wildman–Crippen LogP) is 2.89. The number of ether oxygens (including phenoxy) is 1. The zero-order valence-corrected chi connectivity index (χ0v) is 17.1. The topological polar surface area (TPSA) is 57.7 Å². The highest BCUT2D eigenvalue weighted by atomic mass is 32.1. The van der Waals surface area contributed by atoms with Crippen molar-refractivity contribution >= 4 is 32.6 Å². The lowest BCUT2D eigenvalue weighted by molar-refractivity contribution is -0.123. The number of halogens is 2. The van der Waals surface area contributed by atoms with E-state index in [1.54, 1.807) is 0 Å². The van der Waals surface area contributed by atoms with Crippen LogP contribution in [0.2, 0.25) is 0 Å². The first-order chi connectivity index (χ1) is 14.6. The maximum absolute atomic E-state index is 13.9. The molecule has 2 aromatic carbocycles.